The molecule has 134 valence electrons. The molecule has 0 saturated carbocycles. The molecule has 0 atom stereocenters. The first kappa shape index (κ1) is 18.1. The fraction of sp³-hybridized carbons (Fsp3) is 0.238. The van der Waals surface area contributed by atoms with E-state index in [1.54, 1.807) is 6.21 Å². The SMILES string of the molecule is CCCCCOc1ccc(/C=N\Nc2nc(-c3ccccc3)cs2)cc1. The molecule has 0 saturated heterocycles. The van der Waals surface area contributed by atoms with Crippen LogP contribution in [0, 0.1) is 0 Å². The normalized spacial score (nSPS) is 11.0. The van der Waals surface area contributed by atoms with Gasteiger partial charge in [0.1, 0.15) is 5.75 Å². The standard InChI is InChI=1S/C21H23N3OS/c1-2-3-7-14-25-19-12-10-17(11-13-19)15-22-24-21-23-20(16-26-21)18-8-5-4-6-9-18/h4-6,8-13,15-16H,2-3,7,14H2,1H3,(H,23,24)/b22-15-. The van der Waals surface area contributed by atoms with Crippen molar-refractivity contribution in [2.24, 2.45) is 5.10 Å². The first-order chi connectivity index (χ1) is 12.8. The Morgan fingerprint density at radius 1 is 1.08 bits per heavy atom. The molecule has 0 aliphatic heterocycles. The van der Waals surface area contributed by atoms with E-state index in [0.717, 1.165) is 40.7 Å². The Kier molecular flexibility index (Phi) is 6.79. The van der Waals surface area contributed by atoms with Gasteiger partial charge in [-0.1, -0.05) is 50.1 Å². The topological polar surface area (TPSA) is 46.5 Å². The first-order valence-electron chi connectivity index (χ1n) is 8.88. The van der Waals surface area contributed by atoms with Gasteiger partial charge in [0.25, 0.3) is 0 Å². The third-order valence-corrected chi connectivity index (χ3v) is 4.59. The molecule has 1 heterocycles. The van der Waals surface area contributed by atoms with Crippen LogP contribution < -0.4 is 10.2 Å². The minimum absolute atomic E-state index is 0.774. The molecular formula is C21H23N3OS. The average Bonchev–Trinajstić information content (AvgIpc) is 3.16. The van der Waals surface area contributed by atoms with Crippen molar-refractivity contribution < 1.29 is 4.74 Å². The van der Waals surface area contributed by atoms with Gasteiger partial charge in [0.15, 0.2) is 0 Å². The molecule has 0 aliphatic carbocycles. The van der Waals surface area contributed by atoms with Crippen LogP contribution in [-0.4, -0.2) is 17.8 Å². The highest BCUT2D eigenvalue weighted by Gasteiger charge is 2.02. The van der Waals surface area contributed by atoms with Crippen LogP contribution in [-0.2, 0) is 0 Å². The summed E-state index contributed by atoms with van der Waals surface area (Å²) < 4.78 is 5.71. The third kappa shape index (κ3) is 5.43. The number of rotatable bonds is 9. The summed E-state index contributed by atoms with van der Waals surface area (Å²) in [6.45, 7) is 2.97. The van der Waals surface area contributed by atoms with E-state index in [9.17, 15) is 0 Å². The van der Waals surface area contributed by atoms with E-state index < -0.39 is 0 Å². The number of hydrogen-bond acceptors (Lipinski definition) is 5. The molecule has 0 radical (unpaired) electrons. The van der Waals surface area contributed by atoms with Crippen LogP contribution in [0.3, 0.4) is 0 Å². The number of hydrogen-bond donors (Lipinski definition) is 1. The van der Waals surface area contributed by atoms with Crippen molar-refractivity contribution in [2.75, 3.05) is 12.0 Å². The van der Waals surface area contributed by atoms with E-state index in [1.807, 2.05) is 60.0 Å². The summed E-state index contributed by atoms with van der Waals surface area (Å²) >= 11 is 1.54. The molecule has 1 N–H and O–H groups in total. The Labute approximate surface area is 158 Å². The van der Waals surface area contributed by atoms with Crippen molar-refractivity contribution in [3.05, 3.63) is 65.5 Å². The summed E-state index contributed by atoms with van der Waals surface area (Å²) in [5.41, 5.74) is 6.07. The van der Waals surface area contributed by atoms with E-state index >= 15 is 0 Å². The Bertz CT molecular complexity index is 813. The number of ether oxygens (including phenoxy) is 1. The van der Waals surface area contributed by atoms with Gasteiger partial charge in [0, 0.05) is 10.9 Å². The number of nitrogens with one attached hydrogen (secondary N) is 1. The zero-order valence-corrected chi connectivity index (χ0v) is 15.7. The molecule has 0 unspecified atom stereocenters. The van der Waals surface area contributed by atoms with Crippen molar-refractivity contribution in [3.63, 3.8) is 0 Å². The number of thiazole rings is 1. The Morgan fingerprint density at radius 3 is 2.65 bits per heavy atom. The molecule has 3 rings (SSSR count). The van der Waals surface area contributed by atoms with Gasteiger partial charge in [-0.05, 0) is 36.2 Å². The van der Waals surface area contributed by atoms with E-state index in [0.29, 0.717) is 0 Å². The highest BCUT2D eigenvalue weighted by molar-refractivity contribution is 7.14. The Morgan fingerprint density at radius 2 is 1.88 bits per heavy atom. The largest absolute Gasteiger partial charge is 0.494 e. The van der Waals surface area contributed by atoms with Crippen molar-refractivity contribution in [1.82, 2.24) is 4.98 Å². The Hall–Kier alpha value is -2.66. The van der Waals surface area contributed by atoms with Crippen molar-refractivity contribution in [1.29, 1.82) is 0 Å². The molecule has 0 amide bonds. The van der Waals surface area contributed by atoms with Crippen LogP contribution in [0.15, 0.2) is 65.1 Å². The zero-order chi connectivity index (χ0) is 18.0. The number of anilines is 1. The Balaban J connectivity index is 1.50. The first-order valence-corrected chi connectivity index (χ1v) is 9.76. The maximum Gasteiger partial charge on any atom is 0.203 e. The third-order valence-electron chi connectivity index (χ3n) is 3.84. The maximum absolute atomic E-state index is 5.71. The highest BCUT2D eigenvalue weighted by Crippen LogP contribution is 2.24. The quantitative estimate of drug-likeness (QED) is 0.295. The van der Waals surface area contributed by atoms with Gasteiger partial charge in [0.2, 0.25) is 5.13 Å². The summed E-state index contributed by atoms with van der Waals surface area (Å²) in [7, 11) is 0. The molecule has 0 bridgehead atoms. The van der Waals surface area contributed by atoms with Gasteiger partial charge in [-0.2, -0.15) is 5.10 Å². The highest BCUT2D eigenvalue weighted by atomic mass is 32.1. The van der Waals surface area contributed by atoms with Crippen molar-refractivity contribution >= 4 is 22.7 Å². The van der Waals surface area contributed by atoms with Gasteiger partial charge in [-0.15, -0.1) is 11.3 Å². The predicted molar refractivity (Wildman–Crippen MR) is 110 cm³/mol. The van der Waals surface area contributed by atoms with Crippen molar-refractivity contribution in [3.8, 4) is 17.0 Å². The monoisotopic (exact) mass is 365 g/mol. The van der Waals surface area contributed by atoms with Crippen LogP contribution in [0.5, 0.6) is 5.75 Å². The number of hydrazone groups is 1. The lowest BCUT2D eigenvalue weighted by Gasteiger charge is -2.05. The lowest BCUT2D eigenvalue weighted by Crippen LogP contribution is -1.97. The van der Waals surface area contributed by atoms with Crippen LogP contribution in [0.4, 0.5) is 5.13 Å². The second kappa shape index (κ2) is 9.73. The van der Waals surface area contributed by atoms with Crippen LogP contribution in [0.2, 0.25) is 0 Å². The van der Waals surface area contributed by atoms with Crippen molar-refractivity contribution in [2.45, 2.75) is 26.2 Å². The minimum atomic E-state index is 0.774. The zero-order valence-electron chi connectivity index (χ0n) is 14.9. The molecular weight excluding hydrogens is 342 g/mol. The van der Waals surface area contributed by atoms with E-state index in [1.165, 1.54) is 24.2 Å². The summed E-state index contributed by atoms with van der Waals surface area (Å²) in [4.78, 5) is 4.55. The number of benzene rings is 2. The number of aromatic nitrogens is 1. The maximum atomic E-state index is 5.71. The van der Waals surface area contributed by atoms with Gasteiger partial charge >= 0.3 is 0 Å². The van der Waals surface area contributed by atoms with Gasteiger partial charge < -0.3 is 4.74 Å². The van der Waals surface area contributed by atoms with E-state index in [4.69, 9.17) is 4.74 Å². The lowest BCUT2D eigenvalue weighted by atomic mass is 10.2. The lowest BCUT2D eigenvalue weighted by molar-refractivity contribution is 0.306. The fourth-order valence-corrected chi connectivity index (χ4v) is 3.09. The van der Waals surface area contributed by atoms with Gasteiger partial charge in [-0.25, -0.2) is 4.98 Å². The van der Waals surface area contributed by atoms with Crippen LogP contribution >= 0.6 is 11.3 Å². The molecule has 0 spiro atoms. The van der Waals surface area contributed by atoms with E-state index in [-0.39, 0.29) is 0 Å². The minimum Gasteiger partial charge on any atom is -0.494 e. The van der Waals surface area contributed by atoms with Crippen LogP contribution in [0.25, 0.3) is 11.3 Å². The fourth-order valence-electron chi connectivity index (χ4n) is 2.42. The van der Waals surface area contributed by atoms with E-state index in [2.05, 4.69) is 22.4 Å². The molecule has 4 nitrogen and oxygen atoms in total. The molecule has 3 aromatic rings. The summed E-state index contributed by atoms with van der Waals surface area (Å²) in [5.74, 6) is 0.902. The second-order valence-electron chi connectivity index (χ2n) is 5.90. The summed E-state index contributed by atoms with van der Waals surface area (Å²) in [6.07, 6.45) is 5.30. The molecule has 0 fully saturated rings. The second-order valence-corrected chi connectivity index (χ2v) is 6.76. The average molecular weight is 366 g/mol. The molecule has 2 aromatic carbocycles. The molecule has 5 heteroatoms. The molecule has 1 aromatic heterocycles. The molecule has 26 heavy (non-hydrogen) atoms. The van der Waals surface area contributed by atoms with Gasteiger partial charge in [-0.3, -0.25) is 5.43 Å². The predicted octanol–water partition coefficient (Wildman–Crippen LogP) is 5.83. The number of nitrogens with zero attached hydrogens (tertiary/aromatic N) is 2. The summed E-state index contributed by atoms with van der Waals surface area (Å²) in [5, 5.41) is 7.07. The number of unbranched alkanes of at least 4 members (excludes halogenated alkanes) is 2. The summed E-state index contributed by atoms with van der Waals surface area (Å²) in [6, 6.07) is 18.1. The van der Waals surface area contributed by atoms with Gasteiger partial charge in [0.05, 0.1) is 18.5 Å². The molecule has 0 aliphatic rings. The van der Waals surface area contributed by atoms with Crippen LogP contribution in [0.1, 0.15) is 31.7 Å². The smallest absolute Gasteiger partial charge is 0.203 e.